The van der Waals surface area contributed by atoms with Gasteiger partial charge in [0, 0.05) is 12.5 Å². The van der Waals surface area contributed by atoms with E-state index in [0.717, 1.165) is 12.0 Å². The second-order valence-corrected chi connectivity index (χ2v) is 5.24. The summed E-state index contributed by atoms with van der Waals surface area (Å²) in [6.45, 7) is 5.50. The van der Waals surface area contributed by atoms with Crippen LogP contribution in [0.1, 0.15) is 32.8 Å². The number of rotatable bonds is 7. The smallest absolute Gasteiger partial charge is 0.311 e. The monoisotopic (exact) mass is 291 g/mol. The average Bonchev–Trinajstić information content (AvgIpc) is 2.47. The number of nitro benzene ring substituents is 1. The largest absolute Gasteiger partial charge is 0.484 e. The minimum absolute atomic E-state index is 0.0377. The maximum atomic E-state index is 11.1. The zero-order chi connectivity index (χ0) is 16.0. The van der Waals surface area contributed by atoms with Gasteiger partial charge in [-0.3, -0.25) is 10.1 Å². The van der Waals surface area contributed by atoms with Gasteiger partial charge >= 0.3 is 5.69 Å². The molecule has 0 aromatic heterocycles. The van der Waals surface area contributed by atoms with E-state index < -0.39 is 10.5 Å². The van der Waals surface area contributed by atoms with Gasteiger partial charge in [-0.05, 0) is 38.9 Å². The van der Waals surface area contributed by atoms with Gasteiger partial charge in [-0.1, -0.05) is 13.0 Å². The second-order valence-electron chi connectivity index (χ2n) is 5.24. The highest BCUT2D eigenvalue weighted by Crippen LogP contribution is 2.30. The van der Waals surface area contributed by atoms with E-state index in [1.807, 2.05) is 13.0 Å². The van der Waals surface area contributed by atoms with Gasteiger partial charge in [0.1, 0.15) is 5.54 Å². The summed E-state index contributed by atoms with van der Waals surface area (Å²) in [6, 6.07) is 7.14. The van der Waals surface area contributed by atoms with E-state index in [0.29, 0.717) is 6.42 Å². The highest BCUT2D eigenvalue weighted by molar-refractivity contribution is 5.48. The van der Waals surface area contributed by atoms with Crippen LogP contribution in [-0.2, 0) is 6.42 Å². The molecule has 0 spiro atoms. The third-order valence-corrected chi connectivity index (χ3v) is 3.45. The summed E-state index contributed by atoms with van der Waals surface area (Å²) in [6.07, 6.45) is 0.823. The second kappa shape index (κ2) is 7.04. The maximum absolute atomic E-state index is 11.1. The molecule has 6 nitrogen and oxygen atoms in total. The van der Waals surface area contributed by atoms with Crippen LogP contribution in [-0.4, -0.2) is 23.6 Å². The fourth-order valence-corrected chi connectivity index (χ4v) is 2.06. The molecule has 0 aliphatic heterocycles. The Balaban J connectivity index is 2.93. The summed E-state index contributed by atoms with van der Waals surface area (Å²) in [5.41, 5.74) is 0.125. The van der Waals surface area contributed by atoms with Crippen LogP contribution >= 0.6 is 0 Å². The molecule has 0 aliphatic rings. The first-order valence-corrected chi connectivity index (χ1v) is 6.89. The number of hydrogen-bond acceptors (Lipinski definition) is 5. The van der Waals surface area contributed by atoms with Crippen molar-refractivity contribution in [3.8, 4) is 11.8 Å². The summed E-state index contributed by atoms with van der Waals surface area (Å²) in [5, 5.41) is 23.2. The Labute approximate surface area is 124 Å². The van der Waals surface area contributed by atoms with Gasteiger partial charge in [0.2, 0.25) is 0 Å². The molecule has 0 amide bonds. The molecule has 0 aliphatic carbocycles. The lowest BCUT2D eigenvalue weighted by Crippen LogP contribution is -2.41. The molecule has 1 aromatic carbocycles. The van der Waals surface area contributed by atoms with Crippen molar-refractivity contribution in [1.29, 1.82) is 5.26 Å². The molecule has 2 unspecified atom stereocenters. The van der Waals surface area contributed by atoms with Gasteiger partial charge in [0.05, 0.1) is 17.1 Å². The first-order valence-electron chi connectivity index (χ1n) is 6.89. The zero-order valence-electron chi connectivity index (χ0n) is 12.8. The summed E-state index contributed by atoms with van der Waals surface area (Å²) < 4.78 is 5.67. The SMILES string of the molecule is CCc1ccc(OC(C)CC(C)(C#N)NC)c([N+](=O)[O-])c1. The molecule has 2 atom stereocenters. The number of nitriles is 1. The number of aryl methyl sites for hydroxylation is 1. The number of ether oxygens (including phenoxy) is 1. The first-order chi connectivity index (χ1) is 9.85. The van der Waals surface area contributed by atoms with Crippen molar-refractivity contribution in [2.45, 2.75) is 45.3 Å². The minimum Gasteiger partial charge on any atom is -0.484 e. The third-order valence-electron chi connectivity index (χ3n) is 3.45. The predicted molar refractivity (Wildman–Crippen MR) is 80.3 cm³/mol. The topological polar surface area (TPSA) is 88.2 Å². The highest BCUT2D eigenvalue weighted by Gasteiger charge is 2.26. The molecule has 1 aromatic rings. The Hall–Kier alpha value is -2.13. The first kappa shape index (κ1) is 16.9. The summed E-state index contributed by atoms with van der Waals surface area (Å²) >= 11 is 0. The molecular weight excluding hydrogens is 270 g/mol. The lowest BCUT2D eigenvalue weighted by molar-refractivity contribution is -0.386. The molecule has 0 saturated heterocycles. The normalized spacial score (nSPS) is 14.8. The Kier molecular flexibility index (Phi) is 5.68. The molecule has 6 heteroatoms. The van der Waals surface area contributed by atoms with Crippen molar-refractivity contribution in [2.24, 2.45) is 0 Å². The summed E-state index contributed by atoms with van der Waals surface area (Å²) in [7, 11) is 1.70. The molecule has 1 N–H and O–H groups in total. The number of nitrogens with one attached hydrogen (secondary N) is 1. The van der Waals surface area contributed by atoms with E-state index in [9.17, 15) is 10.1 Å². The fraction of sp³-hybridized carbons (Fsp3) is 0.533. The molecule has 0 saturated carbocycles. The van der Waals surface area contributed by atoms with Gasteiger partial charge in [-0.25, -0.2) is 0 Å². The van der Waals surface area contributed by atoms with Gasteiger partial charge < -0.3 is 10.1 Å². The van der Waals surface area contributed by atoms with Crippen molar-refractivity contribution in [3.05, 3.63) is 33.9 Å². The van der Waals surface area contributed by atoms with Crippen molar-refractivity contribution < 1.29 is 9.66 Å². The van der Waals surface area contributed by atoms with Gasteiger partial charge in [-0.15, -0.1) is 0 Å². The van der Waals surface area contributed by atoms with Crippen LogP contribution in [0, 0.1) is 21.4 Å². The Morgan fingerprint density at radius 2 is 2.24 bits per heavy atom. The quantitative estimate of drug-likeness (QED) is 0.616. The average molecular weight is 291 g/mol. The number of hydrogen-bond donors (Lipinski definition) is 1. The van der Waals surface area contributed by atoms with Crippen molar-refractivity contribution in [2.75, 3.05) is 7.05 Å². The van der Waals surface area contributed by atoms with Crippen LogP contribution in [0.4, 0.5) is 5.69 Å². The molecule has 0 fully saturated rings. The number of nitro groups is 1. The van der Waals surface area contributed by atoms with E-state index in [2.05, 4.69) is 11.4 Å². The van der Waals surface area contributed by atoms with Gasteiger partial charge in [0.25, 0.3) is 0 Å². The number of benzene rings is 1. The van der Waals surface area contributed by atoms with Gasteiger partial charge in [0.15, 0.2) is 5.75 Å². The summed E-state index contributed by atoms with van der Waals surface area (Å²) in [4.78, 5) is 10.7. The van der Waals surface area contributed by atoms with Crippen LogP contribution in [0.15, 0.2) is 18.2 Å². The highest BCUT2D eigenvalue weighted by atomic mass is 16.6. The van der Waals surface area contributed by atoms with E-state index in [4.69, 9.17) is 10.00 Å². The molecule has 1 rings (SSSR count). The minimum atomic E-state index is -0.725. The zero-order valence-corrected chi connectivity index (χ0v) is 12.8. The Morgan fingerprint density at radius 3 is 2.71 bits per heavy atom. The Bertz CT molecular complexity index is 554. The number of nitrogens with zero attached hydrogens (tertiary/aromatic N) is 2. The summed E-state index contributed by atoms with van der Waals surface area (Å²) in [5.74, 6) is 0.237. The standard InChI is InChI=1S/C15H21N3O3/c1-5-12-6-7-14(13(8-12)18(19)20)21-11(2)9-15(3,10-16)17-4/h6-8,11,17H,5,9H2,1-4H3. The third kappa shape index (κ3) is 4.43. The van der Waals surface area contributed by atoms with Crippen LogP contribution in [0.25, 0.3) is 0 Å². The molecule has 114 valence electrons. The molecule has 0 heterocycles. The van der Waals surface area contributed by atoms with Crippen LogP contribution in [0.2, 0.25) is 0 Å². The molecule has 0 bridgehead atoms. The predicted octanol–water partition coefficient (Wildman–Crippen LogP) is 2.82. The van der Waals surface area contributed by atoms with E-state index >= 15 is 0 Å². The van der Waals surface area contributed by atoms with Crippen molar-refractivity contribution >= 4 is 5.69 Å². The van der Waals surface area contributed by atoms with E-state index in [1.165, 1.54) is 6.07 Å². The maximum Gasteiger partial charge on any atom is 0.311 e. The molecular formula is C15H21N3O3. The van der Waals surface area contributed by atoms with Crippen molar-refractivity contribution in [1.82, 2.24) is 5.32 Å². The van der Waals surface area contributed by atoms with Crippen molar-refractivity contribution in [3.63, 3.8) is 0 Å². The van der Waals surface area contributed by atoms with E-state index in [1.54, 1.807) is 27.0 Å². The van der Waals surface area contributed by atoms with Crippen LogP contribution < -0.4 is 10.1 Å². The molecule has 0 radical (unpaired) electrons. The lowest BCUT2D eigenvalue weighted by atomic mass is 9.97. The van der Waals surface area contributed by atoms with E-state index in [-0.39, 0.29) is 17.5 Å². The van der Waals surface area contributed by atoms with Crippen LogP contribution in [0.5, 0.6) is 5.75 Å². The van der Waals surface area contributed by atoms with Gasteiger partial charge in [-0.2, -0.15) is 5.26 Å². The fourth-order valence-electron chi connectivity index (χ4n) is 2.06. The Morgan fingerprint density at radius 1 is 1.57 bits per heavy atom. The lowest BCUT2D eigenvalue weighted by Gasteiger charge is -2.25. The molecule has 21 heavy (non-hydrogen) atoms. The van der Waals surface area contributed by atoms with Crippen LogP contribution in [0.3, 0.4) is 0 Å².